The molecule has 5 nitrogen and oxygen atoms in total. The Hall–Kier alpha value is -2.69. The summed E-state index contributed by atoms with van der Waals surface area (Å²) in [7, 11) is 0. The summed E-state index contributed by atoms with van der Waals surface area (Å²) in [6, 6.07) is 14.1. The van der Waals surface area contributed by atoms with Crippen molar-refractivity contribution in [3.05, 3.63) is 58.6 Å². The number of thiazole rings is 1. The number of nitriles is 1. The third-order valence-electron chi connectivity index (χ3n) is 4.63. The van der Waals surface area contributed by atoms with E-state index in [4.69, 9.17) is 0 Å². The van der Waals surface area contributed by atoms with Gasteiger partial charge in [-0.3, -0.25) is 4.79 Å². The van der Waals surface area contributed by atoms with E-state index in [-0.39, 0.29) is 11.7 Å². The molecule has 0 aliphatic heterocycles. The van der Waals surface area contributed by atoms with Gasteiger partial charge in [-0.05, 0) is 37.1 Å². The Morgan fingerprint density at radius 2 is 2.11 bits per heavy atom. The van der Waals surface area contributed by atoms with E-state index in [1.54, 1.807) is 0 Å². The second kappa shape index (κ2) is 8.55. The highest BCUT2D eigenvalue weighted by molar-refractivity contribution is 7.99. The number of amides is 1. The lowest BCUT2D eigenvalue weighted by molar-refractivity contribution is -0.439. The van der Waals surface area contributed by atoms with Crippen molar-refractivity contribution >= 4 is 34.1 Å². The number of pyridine rings is 1. The van der Waals surface area contributed by atoms with Crippen LogP contribution in [0.25, 0.3) is 11.3 Å². The number of carbonyl (C=O) groups is 1. The van der Waals surface area contributed by atoms with E-state index in [1.165, 1.54) is 40.8 Å². The van der Waals surface area contributed by atoms with Gasteiger partial charge in [0.05, 0.1) is 11.4 Å². The summed E-state index contributed by atoms with van der Waals surface area (Å²) < 4.78 is 0. The highest BCUT2D eigenvalue weighted by atomic mass is 32.2. The van der Waals surface area contributed by atoms with Gasteiger partial charge in [0.1, 0.15) is 11.6 Å². The maximum atomic E-state index is 12.4. The number of carbonyl (C=O) groups excluding carboxylic acids is 1. The van der Waals surface area contributed by atoms with Gasteiger partial charge in [-0.25, -0.2) is 9.97 Å². The molecular weight excluding hydrogens is 388 g/mol. The van der Waals surface area contributed by atoms with E-state index in [9.17, 15) is 10.1 Å². The first-order chi connectivity index (χ1) is 13.7. The van der Waals surface area contributed by atoms with Crippen molar-refractivity contribution in [3.63, 3.8) is 0 Å². The van der Waals surface area contributed by atoms with Gasteiger partial charge in [-0.2, -0.15) is 5.26 Å². The van der Waals surface area contributed by atoms with Crippen LogP contribution in [0.4, 0.5) is 5.13 Å². The minimum Gasteiger partial charge on any atom is -0.301 e. The van der Waals surface area contributed by atoms with Gasteiger partial charge in [0.15, 0.2) is 10.8 Å². The molecule has 0 unspecified atom stereocenters. The molecule has 2 N–H and O–H groups in total. The van der Waals surface area contributed by atoms with Crippen LogP contribution in [-0.2, 0) is 17.6 Å². The predicted molar refractivity (Wildman–Crippen MR) is 111 cm³/mol. The molecule has 7 heteroatoms. The van der Waals surface area contributed by atoms with Crippen LogP contribution >= 0.6 is 23.1 Å². The number of fused-ring (bicyclic) bond motifs is 1. The number of rotatable bonds is 5. The molecule has 1 aromatic carbocycles. The van der Waals surface area contributed by atoms with Gasteiger partial charge < -0.3 is 5.32 Å². The molecule has 1 amide bonds. The Morgan fingerprint density at radius 3 is 2.93 bits per heavy atom. The molecule has 0 saturated carbocycles. The van der Waals surface area contributed by atoms with E-state index in [0.29, 0.717) is 10.7 Å². The van der Waals surface area contributed by atoms with Crippen LogP contribution in [0, 0.1) is 11.3 Å². The molecule has 0 saturated heterocycles. The van der Waals surface area contributed by atoms with Crippen LogP contribution in [0.15, 0.2) is 46.8 Å². The third kappa shape index (κ3) is 4.24. The zero-order valence-electron chi connectivity index (χ0n) is 15.2. The summed E-state index contributed by atoms with van der Waals surface area (Å²) in [5, 5.41) is 15.6. The van der Waals surface area contributed by atoms with Gasteiger partial charge in [0, 0.05) is 22.9 Å². The van der Waals surface area contributed by atoms with Crippen molar-refractivity contribution in [1.82, 2.24) is 4.98 Å². The number of benzene rings is 1. The average molecular weight is 408 g/mol. The Kier molecular flexibility index (Phi) is 5.70. The summed E-state index contributed by atoms with van der Waals surface area (Å²) in [5.74, 6) is 0.0958. The Labute approximate surface area is 171 Å². The summed E-state index contributed by atoms with van der Waals surface area (Å²) in [6.07, 6.45) is 4.34. The SMILES string of the molecule is N#Cc1cc2c([nH+]c1SCC(=O)Nc1nc(-c3ccccc3)cs1)CCCC2. The number of hydrogen-bond acceptors (Lipinski definition) is 5. The molecule has 140 valence electrons. The molecule has 0 atom stereocenters. The quantitative estimate of drug-likeness (QED) is 0.646. The standard InChI is InChI=1S/C21H18N4OS2/c22-11-16-10-15-8-4-5-9-17(15)23-20(16)27-13-19(26)25-21-24-18(12-28-21)14-6-2-1-3-7-14/h1-3,6-7,10,12H,4-5,8-9,13H2,(H,24,25,26)/p+1. The second-order valence-electron chi connectivity index (χ2n) is 6.58. The van der Waals surface area contributed by atoms with E-state index in [1.807, 2.05) is 41.8 Å². The number of nitrogens with zero attached hydrogens (tertiary/aromatic N) is 2. The van der Waals surface area contributed by atoms with Gasteiger partial charge in [-0.15, -0.1) is 11.3 Å². The monoisotopic (exact) mass is 407 g/mol. The minimum atomic E-state index is -0.131. The van der Waals surface area contributed by atoms with Crippen LogP contribution in [-0.4, -0.2) is 16.6 Å². The Bertz CT molecular complexity index is 1040. The third-order valence-corrected chi connectivity index (χ3v) is 6.40. The van der Waals surface area contributed by atoms with Gasteiger partial charge in [0.25, 0.3) is 5.03 Å². The van der Waals surface area contributed by atoms with Gasteiger partial charge in [-0.1, -0.05) is 30.3 Å². The number of aromatic amines is 1. The number of aryl methyl sites for hydroxylation is 2. The van der Waals surface area contributed by atoms with E-state index in [2.05, 4.69) is 21.4 Å². The first kappa shape index (κ1) is 18.7. The number of H-pyrrole nitrogens is 1. The smallest absolute Gasteiger partial charge is 0.257 e. The number of hydrogen-bond donors (Lipinski definition) is 1. The summed E-state index contributed by atoms with van der Waals surface area (Å²) in [4.78, 5) is 20.2. The first-order valence-electron chi connectivity index (χ1n) is 9.14. The van der Waals surface area contributed by atoms with Crippen molar-refractivity contribution < 1.29 is 9.78 Å². The van der Waals surface area contributed by atoms with E-state index >= 15 is 0 Å². The topological polar surface area (TPSA) is 79.9 Å². The predicted octanol–water partition coefficient (Wildman–Crippen LogP) is 4.11. The molecule has 28 heavy (non-hydrogen) atoms. The fourth-order valence-corrected chi connectivity index (χ4v) is 4.78. The minimum absolute atomic E-state index is 0.131. The molecule has 4 rings (SSSR count). The fourth-order valence-electron chi connectivity index (χ4n) is 3.24. The van der Waals surface area contributed by atoms with Gasteiger partial charge in [0.2, 0.25) is 5.91 Å². The largest absolute Gasteiger partial charge is 0.301 e. The second-order valence-corrected chi connectivity index (χ2v) is 8.42. The lowest BCUT2D eigenvalue weighted by Gasteiger charge is -2.11. The van der Waals surface area contributed by atoms with Crippen molar-refractivity contribution in [2.75, 3.05) is 11.1 Å². The Balaban J connectivity index is 1.40. The van der Waals surface area contributed by atoms with Crippen molar-refractivity contribution in [1.29, 1.82) is 5.26 Å². The summed E-state index contributed by atoms with van der Waals surface area (Å²) in [5.41, 5.74) is 4.91. The molecular formula is C21H19N4OS2+. The molecule has 1 aliphatic rings. The Morgan fingerprint density at radius 1 is 1.29 bits per heavy atom. The molecule has 2 heterocycles. The van der Waals surface area contributed by atoms with Crippen molar-refractivity contribution in [2.24, 2.45) is 0 Å². The molecule has 0 radical (unpaired) electrons. The molecule has 0 bridgehead atoms. The van der Waals surface area contributed by atoms with Crippen molar-refractivity contribution in [2.45, 2.75) is 30.7 Å². The van der Waals surface area contributed by atoms with Crippen LogP contribution in [0.2, 0.25) is 0 Å². The normalized spacial score (nSPS) is 12.8. The zero-order valence-corrected chi connectivity index (χ0v) is 16.8. The van der Waals surface area contributed by atoms with Crippen molar-refractivity contribution in [3.8, 4) is 17.3 Å². The highest BCUT2D eigenvalue weighted by Crippen LogP contribution is 2.26. The highest BCUT2D eigenvalue weighted by Gasteiger charge is 2.22. The lowest BCUT2D eigenvalue weighted by atomic mass is 9.95. The number of thioether (sulfide) groups is 1. The van der Waals surface area contributed by atoms with E-state index < -0.39 is 0 Å². The molecule has 0 spiro atoms. The van der Waals surface area contributed by atoms with Crippen LogP contribution < -0.4 is 10.3 Å². The first-order valence-corrected chi connectivity index (χ1v) is 11.0. The molecule has 3 aromatic rings. The average Bonchev–Trinajstić information content (AvgIpc) is 3.20. The van der Waals surface area contributed by atoms with Gasteiger partial charge >= 0.3 is 0 Å². The molecule has 2 aromatic heterocycles. The van der Waals surface area contributed by atoms with Crippen LogP contribution in [0.3, 0.4) is 0 Å². The zero-order chi connectivity index (χ0) is 19.3. The molecule has 1 aliphatic carbocycles. The number of aromatic nitrogens is 2. The summed E-state index contributed by atoms with van der Waals surface area (Å²) in [6.45, 7) is 0. The van der Waals surface area contributed by atoms with Crippen LogP contribution in [0.5, 0.6) is 0 Å². The molecule has 0 fully saturated rings. The summed E-state index contributed by atoms with van der Waals surface area (Å²) >= 11 is 2.77. The maximum Gasteiger partial charge on any atom is 0.257 e. The fraction of sp³-hybridized carbons (Fsp3) is 0.238. The number of nitrogens with one attached hydrogen (secondary N) is 2. The van der Waals surface area contributed by atoms with E-state index in [0.717, 1.165) is 35.5 Å². The number of anilines is 1. The van der Waals surface area contributed by atoms with Crippen LogP contribution in [0.1, 0.15) is 29.7 Å². The lowest BCUT2D eigenvalue weighted by Crippen LogP contribution is -2.23. The maximum absolute atomic E-state index is 12.4.